The van der Waals surface area contributed by atoms with Crippen LogP contribution in [-0.4, -0.2) is 13.1 Å². The Morgan fingerprint density at radius 3 is 2.46 bits per heavy atom. The van der Waals surface area contributed by atoms with Crippen molar-refractivity contribution < 1.29 is 0 Å². The summed E-state index contributed by atoms with van der Waals surface area (Å²) >= 11 is 0. The molecule has 0 aromatic carbocycles. The molecule has 1 heteroatoms. The molecule has 1 rings (SSSR count). The van der Waals surface area contributed by atoms with Crippen LogP contribution >= 0.6 is 0 Å². The molecule has 0 heterocycles. The van der Waals surface area contributed by atoms with Gasteiger partial charge in [0.15, 0.2) is 0 Å². The summed E-state index contributed by atoms with van der Waals surface area (Å²) < 4.78 is 0. The Hall–Kier alpha value is -0.480. The van der Waals surface area contributed by atoms with E-state index in [0.717, 1.165) is 6.42 Å². The molecule has 0 saturated heterocycles. The Morgan fingerprint density at radius 2 is 2.00 bits per heavy atom. The molecule has 74 valence electrons. The first-order chi connectivity index (χ1) is 6.23. The average Bonchev–Trinajstić information content (AvgIpc) is 2.15. The van der Waals surface area contributed by atoms with Gasteiger partial charge in [-0.2, -0.15) is 0 Å². The summed E-state index contributed by atoms with van der Waals surface area (Å²) in [5, 5.41) is 3.37. The van der Waals surface area contributed by atoms with Gasteiger partial charge in [-0.05, 0) is 25.3 Å². The van der Waals surface area contributed by atoms with Gasteiger partial charge >= 0.3 is 0 Å². The van der Waals surface area contributed by atoms with Gasteiger partial charge in [-0.1, -0.05) is 26.2 Å². The molecule has 1 N–H and O–H groups in total. The molecule has 1 saturated carbocycles. The second-order valence-corrected chi connectivity index (χ2v) is 4.46. The summed E-state index contributed by atoms with van der Waals surface area (Å²) in [7, 11) is 2.03. The molecule has 13 heavy (non-hydrogen) atoms. The van der Waals surface area contributed by atoms with Crippen LogP contribution in [-0.2, 0) is 0 Å². The summed E-state index contributed by atoms with van der Waals surface area (Å²) in [6, 6.07) is 0.512. The fourth-order valence-corrected chi connectivity index (χ4v) is 2.52. The average molecular weight is 179 g/mol. The number of hydrogen-bond acceptors (Lipinski definition) is 1. The molecular weight excluding hydrogens is 158 g/mol. The molecule has 0 bridgehead atoms. The van der Waals surface area contributed by atoms with E-state index in [2.05, 4.69) is 18.2 Å². The molecule has 0 aliphatic heterocycles. The Labute approximate surface area is 82.3 Å². The fraction of sp³-hybridized carbons (Fsp3) is 0.833. The summed E-state index contributed by atoms with van der Waals surface area (Å²) in [6.07, 6.45) is 13.1. The lowest BCUT2D eigenvalue weighted by Crippen LogP contribution is -2.42. The molecule has 0 aromatic heterocycles. The molecule has 0 amide bonds. The van der Waals surface area contributed by atoms with Crippen molar-refractivity contribution in [2.45, 2.75) is 51.5 Å². The zero-order valence-corrected chi connectivity index (χ0v) is 8.90. The van der Waals surface area contributed by atoms with Crippen molar-refractivity contribution in [1.82, 2.24) is 5.32 Å². The predicted octanol–water partition coefficient (Wildman–Crippen LogP) is 2.57. The minimum atomic E-state index is 0.444. The van der Waals surface area contributed by atoms with Crippen LogP contribution in [0, 0.1) is 17.8 Å². The molecule has 1 unspecified atom stereocenters. The van der Waals surface area contributed by atoms with Gasteiger partial charge in [0, 0.05) is 12.5 Å². The van der Waals surface area contributed by atoms with E-state index in [1.165, 1.54) is 32.1 Å². The molecule has 1 aliphatic rings. The van der Waals surface area contributed by atoms with Crippen molar-refractivity contribution in [3.63, 3.8) is 0 Å². The molecule has 1 aliphatic carbocycles. The topological polar surface area (TPSA) is 12.0 Å². The summed E-state index contributed by atoms with van der Waals surface area (Å²) in [6.45, 7) is 2.38. The minimum Gasteiger partial charge on any atom is -0.316 e. The summed E-state index contributed by atoms with van der Waals surface area (Å²) in [5.41, 5.74) is 0.444. The maximum absolute atomic E-state index is 5.38. The van der Waals surface area contributed by atoms with Gasteiger partial charge in [0.05, 0.1) is 0 Å². The van der Waals surface area contributed by atoms with Crippen LogP contribution in [0.2, 0.25) is 0 Å². The lowest BCUT2D eigenvalue weighted by molar-refractivity contribution is 0.152. The van der Waals surface area contributed by atoms with Gasteiger partial charge < -0.3 is 5.32 Å². The van der Waals surface area contributed by atoms with E-state index in [-0.39, 0.29) is 0 Å². The van der Waals surface area contributed by atoms with Crippen molar-refractivity contribution in [3.05, 3.63) is 0 Å². The third-order valence-electron chi connectivity index (χ3n) is 3.51. The highest BCUT2D eigenvalue weighted by molar-refractivity contribution is 4.97. The van der Waals surface area contributed by atoms with Crippen LogP contribution in [0.25, 0.3) is 0 Å². The minimum absolute atomic E-state index is 0.444. The molecule has 1 fully saturated rings. The monoisotopic (exact) mass is 179 g/mol. The third kappa shape index (κ3) is 2.48. The quantitative estimate of drug-likeness (QED) is 0.657. The maximum Gasteiger partial charge on any atom is 0.0245 e. The first-order valence-electron chi connectivity index (χ1n) is 5.33. The van der Waals surface area contributed by atoms with E-state index in [1.807, 2.05) is 7.05 Å². The van der Waals surface area contributed by atoms with Gasteiger partial charge in [-0.15, -0.1) is 12.3 Å². The van der Waals surface area contributed by atoms with E-state index in [0.29, 0.717) is 11.5 Å². The standard InChI is InChI=1S/C12H21N/c1-4-8-11(13-3)12(2)9-6-5-7-10-12/h1,11,13H,5-10H2,2-3H3. The lowest BCUT2D eigenvalue weighted by atomic mass is 9.70. The predicted molar refractivity (Wildman–Crippen MR) is 57.5 cm³/mol. The van der Waals surface area contributed by atoms with Gasteiger partial charge in [0.2, 0.25) is 0 Å². The Morgan fingerprint density at radius 1 is 1.38 bits per heavy atom. The first-order valence-corrected chi connectivity index (χ1v) is 5.33. The zero-order valence-electron chi connectivity index (χ0n) is 8.90. The highest BCUT2D eigenvalue weighted by Gasteiger charge is 2.33. The summed E-state index contributed by atoms with van der Waals surface area (Å²) in [5.74, 6) is 2.78. The van der Waals surface area contributed by atoms with Crippen LogP contribution in [0.3, 0.4) is 0 Å². The highest BCUT2D eigenvalue weighted by atomic mass is 14.9. The Kier molecular flexibility index (Phi) is 3.81. The highest BCUT2D eigenvalue weighted by Crippen LogP contribution is 2.39. The number of hydrogen-bond donors (Lipinski definition) is 1. The largest absolute Gasteiger partial charge is 0.316 e. The molecule has 0 radical (unpaired) electrons. The van der Waals surface area contributed by atoms with E-state index < -0.39 is 0 Å². The lowest BCUT2D eigenvalue weighted by Gasteiger charge is -2.40. The van der Waals surface area contributed by atoms with Gasteiger partial charge in [-0.3, -0.25) is 0 Å². The van der Waals surface area contributed by atoms with Crippen LogP contribution in [0.15, 0.2) is 0 Å². The first kappa shape index (κ1) is 10.6. The van der Waals surface area contributed by atoms with E-state index in [4.69, 9.17) is 6.42 Å². The normalized spacial score (nSPS) is 23.5. The zero-order chi connectivity index (χ0) is 9.73. The Balaban J connectivity index is 2.58. The smallest absolute Gasteiger partial charge is 0.0245 e. The van der Waals surface area contributed by atoms with Crippen molar-refractivity contribution in [3.8, 4) is 12.3 Å². The van der Waals surface area contributed by atoms with Gasteiger partial charge in [0.25, 0.3) is 0 Å². The molecular formula is C12H21N. The molecule has 0 aromatic rings. The fourth-order valence-electron chi connectivity index (χ4n) is 2.52. The second kappa shape index (κ2) is 4.67. The number of terminal acetylenes is 1. The van der Waals surface area contributed by atoms with Crippen LogP contribution in [0.1, 0.15) is 45.4 Å². The van der Waals surface area contributed by atoms with Gasteiger partial charge in [-0.25, -0.2) is 0 Å². The molecule has 1 nitrogen and oxygen atoms in total. The molecule has 0 spiro atoms. The number of nitrogens with one attached hydrogen (secondary N) is 1. The third-order valence-corrected chi connectivity index (χ3v) is 3.51. The Bertz CT molecular complexity index is 184. The summed E-state index contributed by atoms with van der Waals surface area (Å²) in [4.78, 5) is 0. The van der Waals surface area contributed by atoms with E-state index in [1.54, 1.807) is 0 Å². The van der Waals surface area contributed by atoms with Crippen LogP contribution in [0.4, 0.5) is 0 Å². The van der Waals surface area contributed by atoms with Crippen LogP contribution in [0.5, 0.6) is 0 Å². The molecule has 1 atom stereocenters. The maximum atomic E-state index is 5.38. The van der Waals surface area contributed by atoms with Crippen molar-refractivity contribution >= 4 is 0 Å². The second-order valence-electron chi connectivity index (χ2n) is 4.46. The SMILES string of the molecule is C#CCC(NC)C1(C)CCCCC1. The number of rotatable bonds is 3. The van der Waals surface area contributed by atoms with Crippen LogP contribution < -0.4 is 5.32 Å². The van der Waals surface area contributed by atoms with Crippen molar-refractivity contribution in [2.75, 3.05) is 7.05 Å². The van der Waals surface area contributed by atoms with E-state index >= 15 is 0 Å². The van der Waals surface area contributed by atoms with Crippen molar-refractivity contribution in [2.24, 2.45) is 5.41 Å². The van der Waals surface area contributed by atoms with Gasteiger partial charge in [0.1, 0.15) is 0 Å². The van der Waals surface area contributed by atoms with Crippen molar-refractivity contribution in [1.29, 1.82) is 0 Å². The van der Waals surface area contributed by atoms with E-state index in [9.17, 15) is 0 Å².